The second kappa shape index (κ2) is 6.37. The fourth-order valence-corrected chi connectivity index (χ4v) is 2.74. The molecular weight excluding hydrogens is 328 g/mol. The number of rotatable bonds is 3. The van der Waals surface area contributed by atoms with E-state index >= 15 is 0 Å². The summed E-state index contributed by atoms with van der Waals surface area (Å²) in [6.45, 7) is 0. The van der Waals surface area contributed by atoms with Gasteiger partial charge in [-0.2, -0.15) is 0 Å². The minimum atomic E-state index is -0.498. The van der Waals surface area contributed by atoms with Crippen LogP contribution in [0.4, 0.5) is 5.69 Å². The summed E-state index contributed by atoms with van der Waals surface area (Å²) in [7, 11) is 3.29. The molecule has 0 bridgehead atoms. The molecule has 0 saturated heterocycles. The molecule has 0 saturated carbocycles. The summed E-state index contributed by atoms with van der Waals surface area (Å²) >= 11 is 5.98. The number of methoxy groups -OCH3 is 1. The highest BCUT2D eigenvalue weighted by Gasteiger charge is 2.16. The largest absolute Gasteiger partial charge is 0.495 e. The molecule has 1 amide bonds. The maximum absolute atomic E-state index is 12.7. The summed E-state index contributed by atoms with van der Waals surface area (Å²) in [6.07, 6.45) is 1.52. The first-order valence-electron chi connectivity index (χ1n) is 7.24. The van der Waals surface area contributed by atoms with Crippen molar-refractivity contribution in [2.75, 3.05) is 12.4 Å². The molecule has 1 heterocycles. The average molecular weight is 343 g/mol. The molecule has 0 fully saturated rings. The van der Waals surface area contributed by atoms with E-state index in [9.17, 15) is 9.59 Å². The van der Waals surface area contributed by atoms with Crippen LogP contribution < -0.4 is 15.5 Å². The third kappa shape index (κ3) is 2.86. The Morgan fingerprint density at radius 2 is 1.96 bits per heavy atom. The Kier molecular flexibility index (Phi) is 4.27. The lowest BCUT2D eigenvalue weighted by atomic mass is 10.1. The summed E-state index contributed by atoms with van der Waals surface area (Å²) in [4.78, 5) is 25.2. The number of aromatic nitrogens is 1. The third-order valence-corrected chi connectivity index (χ3v) is 3.99. The Bertz CT molecular complexity index is 995. The molecule has 2 aromatic carbocycles. The Morgan fingerprint density at radius 1 is 1.21 bits per heavy atom. The number of nitrogens with zero attached hydrogens (tertiary/aromatic N) is 1. The molecule has 122 valence electrons. The van der Waals surface area contributed by atoms with Gasteiger partial charge in [0, 0.05) is 23.7 Å². The Hall–Kier alpha value is -2.79. The SMILES string of the molecule is COc1ccccc1NC(=O)c1cn(C)c2ccc(Cl)cc2c1=O. The van der Waals surface area contributed by atoms with Crippen molar-refractivity contribution in [2.24, 2.45) is 7.05 Å². The van der Waals surface area contributed by atoms with Gasteiger partial charge in [0.05, 0.1) is 18.3 Å². The molecule has 3 aromatic rings. The number of halogens is 1. The summed E-state index contributed by atoms with van der Waals surface area (Å²) in [5, 5.41) is 3.56. The topological polar surface area (TPSA) is 60.3 Å². The van der Waals surface area contributed by atoms with Crippen molar-refractivity contribution in [3.05, 3.63) is 69.5 Å². The van der Waals surface area contributed by atoms with Crippen LogP contribution in [0.15, 0.2) is 53.5 Å². The molecule has 5 nitrogen and oxygen atoms in total. The van der Waals surface area contributed by atoms with E-state index in [-0.39, 0.29) is 11.0 Å². The smallest absolute Gasteiger partial charge is 0.261 e. The Morgan fingerprint density at radius 3 is 2.71 bits per heavy atom. The molecule has 0 aliphatic carbocycles. The number of ether oxygens (including phenoxy) is 1. The van der Waals surface area contributed by atoms with Gasteiger partial charge in [-0.1, -0.05) is 23.7 Å². The van der Waals surface area contributed by atoms with Crippen LogP contribution in [-0.4, -0.2) is 17.6 Å². The van der Waals surface area contributed by atoms with Crippen LogP contribution in [-0.2, 0) is 7.05 Å². The van der Waals surface area contributed by atoms with Crippen LogP contribution in [0.25, 0.3) is 10.9 Å². The highest BCUT2D eigenvalue weighted by molar-refractivity contribution is 6.31. The number of aryl methyl sites for hydroxylation is 1. The standard InChI is InChI=1S/C18H15ClN2O3/c1-21-10-13(17(22)12-9-11(19)7-8-15(12)21)18(23)20-14-5-3-4-6-16(14)24-2/h3-10H,1-2H3,(H,20,23). The molecule has 0 radical (unpaired) electrons. The molecule has 1 aromatic heterocycles. The molecule has 0 aliphatic heterocycles. The van der Waals surface area contributed by atoms with Gasteiger partial charge < -0.3 is 14.6 Å². The van der Waals surface area contributed by atoms with Crippen LogP contribution in [0, 0.1) is 0 Å². The van der Waals surface area contributed by atoms with Gasteiger partial charge >= 0.3 is 0 Å². The van der Waals surface area contributed by atoms with Gasteiger partial charge in [-0.15, -0.1) is 0 Å². The first kappa shape index (κ1) is 16.1. The van der Waals surface area contributed by atoms with Gasteiger partial charge in [0.1, 0.15) is 11.3 Å². The summed E-state index contributed by atoms with van der Waals surface area (Å²) in [5.74, 6) is 0.0217. The van der Waals surface area contributed by atoms with Crippen molar-refractivity contribution in [3.8, 4) is 5.75 Å². The van der Waals surface area contributed by atoms with E-state index in [0.29, 0.717) is 27.4 Å². The maximum Gasteiger partial charge on any atom is 0.261 e. The molecule has 24 heavy (non-hydrogen) atoms. The lowest BCUT2D eigenvalue weighted by molar-refractivity contribution is 0.102. The van der Waals surface area contributed by atoms with E-state index < -0.39 is 5.91 Å². The van der Waals surface area contributed by atoms with Crippen LogP contribution in [0.5, 0.6) is 5.75 Å². The van der Waals surface area contributed by atoms with Crippen molar-refractivity contribution in [1.29, 1.82) is 0 Å². The number of hydrogen-bond donors (Lipinski definition) is 1. The number of pyridine rings is 1. The summed E-state index contributed by atoms with van der Waals surface area (Å²) < 4.78 is 6.93. The first-order chi connectivity index (χ1) is 11.5. The number of carbonyl (C=O) groups excluding carboxylic acids is 1. The second-order valence-corrected chi connectivity index (χ2v) is 5.74. The zero-order valence-electron chi connectivity index (χ0n) is 13.2. The molecule has 0 atom stereocenters. The van der Waals surface area contributed by atoms with Crippen LogP contribution in [0.1, 0.15) is 10.4 Å². The summed E-state index contributed by atoms with van der Waals surface area (Å²) in [5.41, 5.74) is 0.882. The highest BCUT2D eigenvalue weighted by Crippen LogP contribution is 2.24. The second-order valence-electron chi connectivity index (χ2n) is 5.30. The minimum Gasteiger partial charge on any atom is -0.495 e. The lowest BCUT2D eigenvalue weighted by Crippen LogP contribution is -2.23. The van der Waals surface area contributed by atoms with E-state index in [0.717, 1.165) is 0 Å². The quantitative estimate of drug-likeness (QED) is 0.793. The first-order valence-corrected chi connectivity index (χ1v) is 7.62. The Balaban J connectivity index is 2.07. The van der Waals surface area contributed by atoms with Crippen molar-refractivity contribution in [1.82, 2.24) is 4.57 Å². The fraction of sp³-hybridized carbons (Fsp3) is 0.111. The maximum atomic E-state index is 12.7. The number of para-hydroxylation sites is 2. The van der Waals surface area contributed by atoms with E-state index in [1.54, 1.807) is 54.1 Å². The average Bonchev–Trinajstić information content (AvgIpc) is 2.58. The monoisotopic (exact) mass is 342 g/mol. The number of anilines is 1. The van der Waals surface area contributed by atoms with E-state index in [1.165, 1.54) is 13.3 Å². The summed E-state index contributed by atoms with van der Waals surface area (Å²) in [6, 6.07) is 12.0. The number of fused-ring (bicyclic) bond motifs is 1. The number of amides is 1. The van der Waals surface area contributed by atoms with Crippen LogP contribution >= 0.6 is 11.6 Å². The van der Waals surface area contributed by atoms with Gasteiger partial charge in [-0.3, -0.25) is 9.59 Å². The van der Waals surface area contributed by atoms with E-state index in [2.05, 4.69) is 5.32 Å². The highest BCUT2D eigenvalue weighted by atomic mass is 35.5. The zero-order valence-corrected chi connectivity index (χ0v) is 13.9. The van der Waals surface area contributed by atoms with Gasteiger partial charge in [-0.25, -0.2) is 0 Å². The Labute approximate surface area is 143 Å². The third-order valence-electron chi connectivity index (χ3n) is 3.75. The number of benzene rings is 2. The normalized spacial score (nSPS) is 10.6. The molecule has 0 unspecified atom stereocenters. The predicted octanol–water partition coefficient (Wildman–Crippen LogP) is 3.45. The predicted molar refractivity (Wildman–Crippen MR) is 95.1 cm³/mol. The fourth-order valence-electron chi connectivity index (χ4n) is 2.56. The van der Waals surface area contributed by atoms with Gasteiger partial charge in [-0.05, 0) is 30.3 Å². The number of carbonyl (C=O) groups is 1. The minimum absolute atomic E-state index is 0.0400. The zero-order chi connectivity index (χ0) is 17.3. The molecule has 3 rings (SSSR count). The van der Waals surface area contributed by atoms with Gasteiger partial charge in [0.2, 0.25) is 5.43 Å². The number of hydrogen-bond acceptors (Lipinski definition) is 3. The van der Waals surface area contributed by atoms with Crippen molar-refractivity contribution in [3.63, 3.8) is 0 Å². The van der Waals surface area contributed by atoms with Crippen molar-refractivity contribution >= 4 is 34.1 Å². The van der Waals surface area contributed by atoms with Crippen LogP contribution in [0.3, 0.4) is 0 Å². The van der Waals surface area contributed by atoms with Crippen LogP contribution in [0.2, 0.25) is 5.02 Å². The van der Waals surface area contributed by atoms with Crippen molar-refractivity contribution in [2.45, 2.75) is 0 Å². The van der Waals surface area contributed by atoms with E-state index in [4.69, 9.17) is 16.3 Å². The van der Waals surface area contributed by atoms with Gasteiger partial charge in [0.25, 0.3) is 5.91 Å². The number of nitrogens with one attached hydrogen (secondary N) is 1. The molecule has 0 aliphatic rings. The van der Waals surface area contributed by atoms with E-state index in [1.807, 2.05) is 0 Å². The molecule has 1 N–H and O–H groups in total. The molecule has 6 heteroatoms. The van der Waals surface area contributed by atoms with Crippen molar-refractivity contribution < 1.29 is 9.53 Å². The van der Waals surface area contributed by atoms with Gasteiger partial charge in [0.15, 0.2) is 0 Å². The molecular formula is C18H15ClN2O3. The molecule has 0 spiro atoms. The lowest BCUT2D eigenvalue weighted by Gasteiger charge is -2.12.